The molecule has 7 atom stereocenters. The van der Waals surface area contributed by atoms with E-state index in [1.54, 1.807) is 10.9 Å². The lowest BCUT2D eigenvalue weighted by Crippen LogP contribution is -2.27. The average Bonchev–Trinajstić information content (AvgIpc) is 3.62. The number of nitrogens with zero attached hydrogens (tertiary/aromatic N) is 5. The van der Waals surface area contributed by atoms with Gasteiger partial charge in [-0.05, 0) is 42.6 Å². The van der Waals surface area contributed by atoms with E-state index < -0.39 is 43.2 Å². The number of hydrogen-bond donors (Lipinski definition) is 4. The van der Waals surface area contributed by atoms with E-state index >= 15 is 0 Å². The molecule has 3 aromatic heterocycles. The summed E-state index contributed by atoms with van der Waals surface area (Å²) in [6.07, 6.45) is 2.04. The van der Waals surface area contributed by atoms with Crippen molar-refractivity contribution in [2.75, 3.05) is 24.2 Å². The van der Waals surface area contributed by atoms with Crippen molar-refractivity contribution in [1.29, 1.82) is 0 Å². The Kier molecular flexibility index (Phi) is 9.13. The molecule has 2 aliphatic rings. The van der Waals surface area contributed by atoms with E-state index in [-0.39, 0.29) is 35.8 Å². The molecule has 2 aliphatic heterocycles. The highest BCUT2D eigenvalue weighted by Gasteiger charge is 2.41. The van der Waals surface area contributed by atoms with Gasteiger partial charge in [0.2, 0.25) is 5.95 Å². The van der Waals surface area contributed by atoms with Crippen LogP contribution in [0.25, 0.3) is 11.2 Å². The lowest BCUT2D eigenvalue weighted by molar-refractivity contribution is -0.0331. The second-order valence-corrected chi connectivity index (χ2v) is 13.9. The van der Waals surface area contributed by atoms with Crippen molar-refractivity contribution in [1.82, 2.24) is 29.1 Å². The second kappa shape index (κ2) is 12.5. The zero-order chi connectivity index (χ0) is 30.2. The van der Waals surface area contributed by atoms with E-state index in [1.165, 1.54) is 16.8 Å². The molecule has 17 heteroatoms. The maximum atomic E-state index is 12.6. The molecule has 0 aliphatic carbocycles. The third kappa shape index (κ3) is 6.75. The van der Waals surface area contributed by atoms with Crippen molar-refractivity contribution in [2.24, 2.45) is 11.8 Å². The van der Waals surface area contributed by atoms with E-state index in [9.17, 15) is 14.5 Å². The van der Waals surface area contributed by atoms with E-state index in [4.69, 9.17) is 36.1 Å². The Bertz CT molecular complexity index is 1580. The van der Waals surface area contributed by atoms with Gasteiger partial charge in [0.1, 0.15) is 18.3 Å². The molecule has 2 fully saturated rings. The Morgan fingerprint density at radius 1 is 1.24 bits per heavy atom. The SMILES string of the molecule is CC[C@H]1O[C@@H](n2ccc(N)nc2=O)C[C@@H]1O[P@](O)(=S)OC[C@H]1O[C@@H](n2cnc3c(=O)[nH]c(NCC(C)C)nc32)C[C@@H]1C. The summed E-state index contributed by atoms with van der Waals surface area (Å²) < 4.78 is 27.0. The predicted molar refractivity (Wildman–Crippen MR) is 158 cm³/mol. The zero-order valence-corrected chi connectivity index (χ0v) is 25.6. The Hall–Kier alpha value is -2.72. The van der Waals surface area contributed by atoms with E-state index in [0.29, 0.717) is 36.9 Å². The van der Waals surface area contributed by atoms with Crippen LogP contribution in [0.5, 0.6) is 0 Å². The first-order valence-corrected chi connectivity index (χ1v) is 16.5. The summed E-state index contributed by atoms with van der Waals surface area (Å²) in [6.45, 7) is 5.00. The van der Waals surface area contributed by atoms with Crippen LogP contribution in [0.1, 0.15) is 59.4 Å². The molecule has 5 rings (SSSR count). The molecule has 0 unspecified atom stereocenters. The first kappa shape index (κ1) is 30.7. The smallest absolute Gasteiger partial charge is 0.351 e. The Morgan fingerprint density at radius 3 is 2.69 bits per heavy atom. The van der Waals surface area contributed by atoms with Gasteiger partial charge in [-0.25, -0.2) is 9.78 Å². The number of nitrogens with one attached hydrogen (secondary N) is 2. The van der Waals surface area contributed by atoms with Crippen LogP contribution in [-0.4, -0.2) is 65.4 Å². The van der Waals surface area contributed by atoms with E-state index in [0.717, 1.165) is 0 Å². The van der Waals surface area contributed by atoms with Gasteiger partial charge in [0, 0.05) is 19.2 Å². The van der Waals surface area contributed by atoms with Gasteiger partial charge in [0.25, 0.3) is 5.56 Å². The molecule has 2 saturated heterocycles. The highest BCUT2D eigenvalue weighted by Crippen LogP contribution is 2.50. The average molecular weight is 625 g/mol. The fourth-order valence-electron chi connectivity index (χ4n) is 5.12. The van der Waals surface area contributed by atoms with Gasteiger partial charge in [-0.1, -0.05) is 27.7 Å². The Labute approximate surface area is 247 Å². The molecule has 15 nitrogen and oxygen atoms in total. The minimum Gasteiger partial charge on any atom is -0.383 e. The molecule has 3 aromatic rings. The highest BCUT2D eigenvalue weighted by molar-refractivity contribution is 8.07. The van der Waals surface area contributed by atoms with Crippen LogP contribution in [0.4, 0.5) is 11.8 Å². The fraction of sp³-hybridized carbons (Fsp3) is 0.640. The predicted octanol–water partition coefficient (Wildman–Crippen LogP) is 2.27. The van der Waals surface area contributed by atoms with Gasteiger partial charge < -0.3 is 34.5 Å². The lowest BCUT2D eigenvalue weighted by atomic mass is 10.0. The molecule has 42 heavy (non-hydrogen) atoms. The molecule has 230 valence electrons. The first-order valence-electron chi connectivity index (χ1n) is 14.0. The number of ether oxygens (including phenoxy) is 2. The lowest BCUT2D eigenvalue weighted by Gasteiger charge is -2.24. The van der Waals surface area contributed by atoms with Gasteiger partial charge in [-0.3, -0.25) is 18.9 Å². The first-order chi connectivity index (χ1) is 19.9. The third-order valence-electron chi connectivity index (χ3n) is 7.38. The van der Waals surface area contributed by atoms with Crippen molar-refractivity contribution < 1.29 is 23.4 Å². The van der Waals surface area contributed by atoms with Gasteiger partial charge in [0.15, 0.2) is 11.2 Å². The molecule has 0 aromatic carbocycles. The summed E-state index contributed by atoms with van der Waals surface area (Å²) in [7, 11) is 0. The van der Waals surface area contributed by atoms with Crippen LogP contribution < -0.4 is 22.3 Å². The van der Waals surface area contributed by atoms with Crippen LogP contribution in [-0.2, 0) is 30.3 Å². The molecule has 0 bridgehead atoms. The number of aromatic nitrogens is 6. The maximum Gasteiger partial charge on any atom is 0.351 e. The standard InChI is InChI=1S/C25H37N8O7PS/c1-5-15-16(9-20(38-15)32-7-6-18(26)29-25(32)35)40-41(36,42)37-11-17-14(4)8-19(39-17)33-12-28-21-22(33)30-24(31-23(21)34)27-10-13(2)3/h6-7,12-17,19-20H,5,8-11H2,1-4H3,(H,36,42)(H2,26,29,35)(H2,27,30,31,34)/t14-,15+,16-,17+,19+,20+,41+/m0/s1. The molecule has 5 heterocycles. The molecule has 0 spiro atoms. The number of nitrogens with two attached hydrogens (primary N) is 1. The summed E-state index contributed by atoms with van der Waals surface area (Å²) in [5.74, 6) is 0.892. The van der Waals surface area contributed by atoms with Crippen molar-refractivity contribution in [3.05, 3.63) is 39.4 Å². The number of anilines is 2. The summed E-state index contributed by atoms with van der Waals surface area (Å²) in [6, 6.07) is 1.51. The van der Waals surface area contributed by atoms with E-state index in [1.807, 2.05) is 13.8 Å². The van der Waals surface area contributed by atoms with Crippen LogP contribution in [0.3, 0.4) is 0 Å². The fourth-order valence-corrected chi connectivity index (χ4v) is 6.60. The molecule has 5 N–H and O–H groups in total. The molecular weight excluding hydrogens is 587 g/mol. The number of fused-ring (bicyclic) bond motifs is 1. The van der Waals surface area contributed by atoms with Gasteiger partial charge in [0.05, 0.1) is 31.2 Å². The number of H-pyrrole nitrogens is 1. The summed E-state index contributed by atoms with van der Waals surface area (Å²) >= 11 is 5.34. The normalized spacial score (nSPS) is 27.6. The van der Waals surface area contributed by atoms with Gasteiger partial charge >= 0.3 is 12.4 Å². The zero-order valence-electron chi connectivity index (χ0n) is 23.9. The monoisotopic (exact) mass is 624 g/mol. The van der Waals surface area contributed by atoms with Crippen LogP contribution >= 0.6 is 6.72 Å². The maximum absolute atomic E-state index is 12.6. The summed E-state index contributed by atoms with van der Waals surface area (Å²) in [5, 5.41) is 3.14. The van der Waals surface area contributed by atoms with Gasteiger partial charge in [-0.15, -0.1) is 0 Å². The highest BCUT2D eigenvalue weighted by atomic mass is 32.5. The number of imidazole rings is 1. The minimum absolute atomic E-state index is 0.00240. The van der Waals surface area contributed by atoms with E-state index in [2.05, 4.69) is 39.1 Å². The second-order valence-electron chi connectivity index (χ2n) is 11.1. The Balaban J connectivity index is 1.22. The summed E-state index contributed by atoms with van der Waals surface area (Å²) in [5.41, 5.74) is 5.36. The quantitative estimate of drug-likeness (QED) is 0.227. The molecule has 0 saturated carbocycles. The number of aromatic amines is 1. The third-order valence-corrected chi connectivity index (χ3v) is 8.96. The van der Waals surface area contributed by atoms with Crippen molar-refractivity contribution in [3.8, 4) is 0 Å². The van der Waals surface area contributed by atoms with Crippen molar-refractivity contribution >= 4 is 41.5 Å². The number of nitrogen functional groups attached to an aromatic ring is 1. The molecular formula is C25H37N8O7PS. The Morgan fingerprint density at radius 2 is 1.98 bits per heavy atom. The molecule has 0 radical (unpaired) electrons. The van der Waals surface area contributed by atoms with Crippen LogP contribution in [0, 0.1) is 11.8 Å². The van der Waals surface area contributed by atoms with Gasteiger partial charge in [-0.2, -0.15) is 9.97 Å². The largest absolute Gasteiger partial charge is 0.383 e. The molecule has 0 amide bonds. The van der Waals surface area contributed by atoms with Crippen molar-refractivity contribution in [2.45, 2.75) is 77.7 Å². The number of rotatable bonds is 11. The van der Waals surface area contributed by atoms with Crippen LogP contribution in [0.15, 0.2) is 28.2 Å². The summed E-state index contributed by atoms with van der Waals surface area (Å²) in [4.78, 5) is 51.1. The number of hydrogen-bond acceptors (Lipinski definition) is 12. The topological polar surface area (TPSA) is 194 Å². The minimum atomic E-state index is -3.69. The van der Waals surface area contributed by atoms with Crippen molar-refractivity contribution in [3.63, 3.8) is 0 Å². The van der Waals surface area contributed by atoms with Crippen LogP contribution in [0.2, 0.25) is 0 Å².